The number of carbonyl (C=O) groups is 1. The van der Waals surface area contributed by atoms with Crippen LogP contribution in [0.2, 0.25) is 0 Å². The van der Waals surface area contributed by atoms with E-state index in [0.29, 0.717) is 18.8 Å². The number of anilines is 1. The fourth-order valence-electron chi connectivity index (χ4n) is 1.24. The highest BCUT2D eigenvalue weighted by Crippen LogP contribution is 2.12. The molecule has 4 nitrogen and oxygen atoms in total. The lowest BCUT2D eigenvalue weighted by Gasteiger charge is -2.04. The summed E-state index contributed by atoms with van der Waals surface area (Å²) in [5.41, 5.74) is 0.0710. The third-order valence-corrected chi connectivity index (χ3v) is 2.47. The molecule has 1 rings (SSSR count). The first-order valence-corrected chi connectivity index (χ1v) is 6.18. The number of carbonyl (C=O) groups excluding carboxylic acids is 1. The molecule has 6 heteroatoms. The van der Waals surface area contributed by atoms with Crippen LogP contribution >= 0.6 is 11.6 Å². The molecule has 0 aliphatic heterocycles. The van der Waals surface area contributed by atoms with E-state index in [-0.39, 0.29) is 11.3 Å². The number of rotatable bonds is 6. The zero-order chi connectivity index (χ0) is 14.1. The molecule has 0 aliphatic rings. The van der Waals surface area contributed by atoms with Crippen LogP contribution in [0.5, 0.6) is 0 Å². The Morgan fingerprint density at radius 3 is 2.84 bits per heavy atom. The molecule has 0 spiro atoms. The molecule has 2 N–H and O–H groups in total. The van der Waals surface area contributed by atoms with Gasteiger partial charge in [-0.05, 0) is 18.6 Å². The zero-order valence-electron chi connectivity index (χ0n) is 10.1. The molecule has 1 amide bonds. The molecule has 0 unspecified atom stereocenters. The number of halogens is 2. The maximum atomic E-state index is 13.3. The average molecular weight is 282 g/mol. The van der Waals surface area contributed by atoms with Gasteiger partial charge in [0.25, 0.3) is 5.91 Å². The van der Waals surface area contributed by atoms with Crippen molar-refractivity contribution >= 4 is 23.2 Å². The summed E-state index contributed by atoms with van der Waals surface area (Å²) in [7, 11) is 0. The van der Waals surface area contributed by atoms with Gasteiger partial charge in [-0.2, -0.15) is 5.26 Å². The minimum Gasteiger partial charge on any atom is -0.358 e. The van der Waals surface area contributed by atoms with E-state index in [0.717, 1.165) is 0 Å². The Balaban J connectivity index is 2.65. The Labute approximate surface area is 115 Å². The van der Waals surface area contributed by atoms with Gasteiger partial charge in [0.05, 0.1) is 5.69 Å². The lowest BCUT2D eigenvalue weighted by atomic mass is 10.2. The van der Waals surface area contributed by atoms with Crippen LogP contribution < -0.4 is 10.6 Å². The van der Waals surface area contributed by atoms with E-state index in [2.05, 4.69) is 10.6 Å². The lowest BCUT2D eigenvalue weighted by molar-refractivity contribution is -0.117. The van der Waals surface area contributed by atoms with E-state index in [4.69, 9.17) is 16.9 Å². The molecule has 1 aromatic carbocycles. The van der Waals surface area contributed by atoms with E-state index >= 15 is 0 Å². The van der Waals surface area contributed by atoms with Crippen molar-refractivity contribution in [2.75, 3.05) is 17.7 Å². The number of alkyl halides is 1. The van der Waals surface area contributed by atoms with Crippen LogP contribution in [0.4, 0.5) is 10.1 Å². The number of hydrogen-bond acceptors (Lipinski definition) is 3. The first-order valence-electron chi connectivity index (χ1n) is 5.64. The van der Waals surface area contributed by atoms with E-state index in [1.54, 1.807) is 18.2 Å². The third kappa shape index (κ3) is 4.98. The Bertz CT molecular complexity index is 511. The molecular formula is C13H13ClFN3O. The second-order valence-corrected chi connectivity index (χ2v) is 3.97. The Morgan fingerprint density at radius 2 is 2.21 bits per heavy atom. The van der Waals surface area contributed by atoms with E-state index < -0.39 is 11.7 Å². The quantitative estimate of drug-likeness (QED) is 0.364. The molecule has 0 fully saturated rings. The highest BCUT2D eigenvalue weighted by molar-refractivity contribution is 6.17. The summed E-state index contributed by atoms with van der Waals surface area (Å²) >= 11 is 5.47. The molecule has 0 heterocycles. The van der Waals surface area contributed by atoms with Crippen LogP contribution in [0.25, 0.3) is 0 Å². The van der Waals surface area contributed by atoms with Crippen LogP contribution in [0.3, 0.4) is 0 Å². The van der Waals surface area contributed by atoms with Crippen molar-refractivity contribution in [3.05, 3.63) is 41.9 Å². The number of amides is 1. The van der Waals surface area contributed by atoms with Crippen molar-refractivity contribution in [1.29, 1.82) is 5.26 Å². The highest BCUT2D eigenvalue weighted by Gasteiger charge is 2.08. The molecule has 0 bridgehead atoms. The molecule has 19 heavy (non-hydrogen) atoms. The zero-order valence-corrected chi connectivity index (χ0v) is 10.9. The molecular weight excluding hydrogens is 269 g/mol. The van der Waals surface area contributed by atoms with E-state index in [1.807, 2.05) is 0 Å². The minimum atomic E-state index is -0.517. The smallest absolute Gasteiger partial charge is 0.263 e. The predicted molar refractivity (Wildman–Crippen MR) is 72.1 cm³/mol. The van der Waals surface area contributed by atoms with Crippen molar-refractivity contribution in [3.63, 3.8) is 0 Å². The fourth-order valence-corrected chi connectivity index (χ4v) is 1.37. The molecule has 0 aromatic heterocycles. The van der Waals surface area contributed by atoms with Gasteiger partial charge in [0.2, 0.25) is 0 Å². The molecule has 1 aromatic rings. The van der Waals surface area contributed by atoms with Crippen molar-refractivity contribution in [2.45, 2.75) is 6.42 Å². The van der Waals surface area contributed by atoms with Crippen molar-refractivity contribution in [2.24, 2.45) is 0 Å². The lowest BCUT2D eigenvalue weighted by Crippen LogP contribution is -2.26. The molecule has 0 saturated heterocycles. The summed E-state index contributed by atoms with van der Waals surface area (Å²) < 4.78 is 13.3. The number of nitrogens with zero attached hydrogens (tertiary/aromatic N) is 1. The topological polar surface area (TPSA) is 64.9 Å². The van der Waals surface area contributed by atoms with Crippen molar-refractivity contribution in [1.82, 2.24) is 5.32 Å². The largest absolute Gasteiger partial charge is 0.358 e. The van der Waals surface area contributed by atoms with Crippen LogP contribution in [0.1, 0.15) is 6.42 Å². The maximum Gasteiger partial charge on any atom is 0.263 e. The van der Waals surface area contributed by atoms with Gasteiger partial charge in [-0.15, -0.1) is 11.6 Å². The van der Waals surface area contributed by atoms with Crippen LogP contribution in [0.15, 0.2) is 36.0 Å². The van der Waals surface area contributed by atoms with Gasteiger partial charge in [0.1, 0.15) is 17.5 Å². The maximum absolute atomic E-state index is 13.3. The van der Waals surface area contributed by atoms with Gasteiger partial charge in [0.15, 0.2) is 0 Å². The molecule has 0 radical (unpaired) electrons. The summed E-state index contributed by atoms with van der Waals surface area (Å²) in [4.78, 5) is 11.6. The number of nitrogens with one attached hydrogen (secondary N) is 2. The number of nitriles is 1. The fraction of sp³-hybridized carbons (Fsp3) is 0.231. The van der Waals surface area contributed by atoms with Gasteiger partial charge in [0, 0.05) is 18.6 Å². The van der Waals surface area contributed by atoms with Gasteiger partial charge in [-0.25, -0.2) is 4.39 Å². The highest BCUT2D eigenvalue weighted by atomic mass is 35.5. The van der Waals surface area contributed by atoms with Crippen LogP contribution in [-0.4, -0.2) is 18.3 Å². The number of hydrogen-bond donors (Lipinski definition) is 2. The second-order valence-electron chi connectivity index (χ2n) is 3.59. The standard InChI is InChI=1S/C13H13ClFN3O/c14-6-3-7-17-13(19)10(8-16)9-18-12-5-2-1-4-11(12)15/h1-2,4-5,9,18H,3,6-7H2,(H,17,19)/b10-9-. The summed E-state index contributed by atoms with van der Waals surface area (Å²) in [6, 6.07) is 7.73. The Morgan fingerprint density at radius 1 is 1.47 bits per heavy atom. The third-order valence-electron chi connectivity index (χ3n) is 2.21. The van der Waals surface area contributed by atoms with Crippen LogP contribution in [-0.2, 0) is 4.79 Å². The monoisotopic (exact) mass is 281 g/mol. The second kappa shape index (κ2) is 8.11. The van der Waals surface area contributed by atoms with E-state index in [9.17, 15) is 9.18 Å². The predicted octanol–water partition coefficient (Wildman–Crippen LogP) is 2.39. The Kier molecular flexibility index (Phi) is 6.41. The average Bonchev–Trinajstić information content (AvgIpc) is 2.41. The SMILES string of the molecule is N#C/C(=C/Nc1ccccc1F)C(=O)NCCCCl. The summed E-state index contributed by atoms with van der Waals surface area (Å²) in [5.74, 6) is -0.547. The van der Waals surface area contributed by atoms with Gasteiger partial charge in [-0.3, -0.25) is 4.79 Å². The van der Waals surface area contributed by atoms with Gasteiger partial charge >= 0.3 is 0 Å². The summed E-state index contributed by atoms with van der Waals surface area (Å²) in [6.07, 6.45) is 1.79. The van der Waals surface area contributed by atoms with Gasteiger partial charge in [-0.1, -0.05) is 12.1 Å². The first-order chi connectivity index (χ1) is 9.19. The molecule has 100 valence electrons. The van der Waals surface area contributed by atoms with Crippen molar-refractivity contribution in [3.8, 4) is 6.07 Å². The molecule has 0 saturated carbocycles. The molecule has 0 atom stereocenters. The minimum absolute atomic E-state index is 0.127. The van der Waals surface area contributed by atoms with Crippen molar-refractivity contribution < 1.29 is 9.18 Å². The number of benzene rings is 1. The van der Waals surface area contributed by atoms with Gasteiger partial charge < -0.3 is 10.6 Å². The van der Waals surface area contributed by atoms with E-state index in [1.165, 1.54) is 18.3 Å². The summed E-state index contributed by atoms with van der Waals surface area (Å²) in [6.45, 7) is 0.390. The number of para-hydroxylation sites is 1. The molecule has 0 aliphatic carbocycles. The first kappa shape index (κ1) is 15.0. The summed E-state index contributed by atoms with van der Waals surface area (Å²) in [5, 5.41) is 14.0. The normalized spacial score (nSPS) is 10.7. The van der Waals surface area contributed by atoms with Crippen LogP contribution in [0, 0.1) is 17.1 Å². The Hall–Kier alpha value is -2.06.